The van der Waals surface area contributed by atoms with E-state index in [-0.39, 0.29) is 17.7 Å². The largest absolute Gasteiger partial charge is 0.494 e. The van der Waals surface area contributed by atoms with Crippen molar-refractivity contribution in [3.8, 4) is 5.75 Å². The average Bonchev–Trinajstić information content (AvgIpc) is 3.35. The molecule has 1 aliphatic carbocycles. The fraction of sp³-hybridized carbons (Fsp3) is 0.318. The van der Waals surface area contributed by atoms with Crippen molar-refractivity contribution in [3.63, 3.8) is 0 Å². The Labute approximate surface area is 168 Å². The molecular formula is C22H22N4O3. The van der Waals surface area contributed by atoms with Crippen LogP contribution in [0.3, 0.4) is 0 Å². The SMILES string of the molecule is CCOc1cccc([C@H]2C3=C(C[C@H](c4ccco4)CC3=O)Nc3nc(C)nn32)c1. The van der Waals surface area contributed by atoms with Crippen molar-refractivity contribution in [1.29, 1.82) is 0 Å². The van der Waals surface area contributed by atoms with E-state index in [1.165, 1.54) is 0 Å². The van der Waals surface area contributed by atoms with Gasteiger partial charge in [-0.05, 0) is 50.1 Å². The number of nitrogens with one attached hydrogen (secondary N) is 1. The Morgan fingerprint density at radius 1 is 1.28 bits per heavy atom. The summed E-state index contributed by atoms with van der Waals surface area (Å²) in [6.07, 6.45) is 2.76. The first kappa shape index (κ1) is 17.7. The van der Waals surface area contributed by atoms with E-state index < -0.39 is 0 Å². The summed E-state index contributed by atoms with van der Waals surface area (Å²) in [7, 11) is 0. The highest BCUT2D eigenvalue weighted by atomic mass is 16.5. The summed E-state index contributed by atoms with van der Waals surface area (Å²) < 4.78 is 13.1. The summed E-state index contributed by atoms with van der Waals surface area (Å²) in [5, 5.41) is 7.93. The maximum atomic E-state index is 13.3. The number of carbonyl (C=O) groups excluding carboxylic acids is 1. The van der Waals surface area contributed by atoms with Crippen LogP contribution in [0.5, 0.6) is 5.75 Å². The van der Waals surface area contributed by atoms with Crippen molar-refractivity contribution in [2.24, 2.45) is 0 Å². The molecule has 0 saturated heterocycles. The van der Waals surface area contributed by atoms with Crippen LogP contribution in [0.1, 0.15) is 48.9 Å². The van der Waals surface area contributed by atoms with Gasteiger partial charge in [0.2, 0.25) is 5.95 Å². The monoisotopic (exact) mass is 390 g/mol. The minimum Gasteiger partial charge on any atom is -0.494 e. The lowest BCUT2D eigenvalue weighted by atomic mass is 9.79. The van der Waals surface area contributed by atoms with Crippen LogP contribution in [-0.4, -0.2) is 27.2 Å². The van der Waals surface area contributed by atoms with Gasteiger partial charge in [0.15, 0.2) is 5.78 Å². The fourth-order valence-corrected chi connectivity index (χ4v) is 4.29. The highest BCUT2D eigenvalue weighted by Gasteiger charge is 2.40. The van der Waals surface area contributed by atoms with Gasteiger partial charge in [-0.25, -0.2) is 4.68 Å². The molecule has 1 N–H and O–H groups in total. The minimum atomic E-state index is -0.326. The summed E-state index contributed by atoms with van der Waals surface area (Å²) in [6.45, 7) is 4.39. The summed E-state index contributed by atoms with van der Waals surface area (Å²) in [5.74, 6) is 3.06. The number of aromatic nitrogens is 3. The number of ketones is 1. The number of Topliss-reactive ketones (excluding diaryl/α,β-unsaturated/α-hetero) is 1. The third-order valence-electron chi connectivity index (χ3n) is 5.46. The zero-order chi connectivity index (χ0) is 20.0. The van der Waals surface area contributed by atoms with Crippen LogP contribution in [0, 0.1) is 6.92 Å². The van der Waals surface area contributed by atoms with E-state index in [1.54, 1.807) is 6.26 Å². The summed E-state index contributed by atoms with van der Waals surface area (Å²) in [6, 6.07) is 11.3. The number of allylic oxidation sites excluding steroid dienone is 2. The predicted octanol–water partition coefficient (Wildman–Crippen LogP) is 3.99. The molecule has 29 heavy (non-hydrogen) atoms. The number of fused-ring (bicyclic) bond motifs is 1. The number of ether oxygens (including phenoxy) is 1. The van der Waals surface area contributed by atoms with E-state index >= 15 is 0 Å². The van der Waals surface area contributed by atoms with Gasteiger partial charge in [0.05, 0.1) is 12.9 Å². The van der Waals surface area contributed by atoms with Crippen LogP contribution in [0.25, 0.3) is 0 Å². The maximum Gasteiger partial charge on any atom is 0.226 e. The number of benzene rings is 1. The van der Waals surface area contributed by atoms with Gasteiger partial charge in [-0.1, -0.05) is 12.1 Å². The number of carbonyl (C=O) groups is 1. The van der Waals surface area contributed by atoms with E-state index in [0.29, 0.717) is 31.2 Å². The normalized spacial score (nSPS) is 20.8. The molecule has 1 aromatic carbocycles. The lowest BCUT2D eigenvalue weighted by Gasteiger charge is -2.34. The van der Waals surface area contributed by atoms with Gasteiger partial charge in [-0.3, -0.25) is 4.79 Å². The first-order valence-electron chi connectivity index (χ1n) is 9.86. The third kappa shape index (κ3) is 3.03. The maximum absolute atomic E-state index is 13.3. The highest BCUT2D eigenvalue weighted by Crippen LogP contribution is 2.44. The number of aryl methyl sites for hydroxylation is 1. The van der Waals surface area contributed by atoms with E-state index in [9.17, 15) is 4.79 Å². The molecule has 3 aromatic rings. The Balaban J connectivity index is 1.62. The first-order chi connectivity index (χ1) is 14.1. The minimum absolute atomic E-state index is 0.0229. The molecule has 2 aliphatic rings. The van der Waals surface area contributed by atoms with Crippen molar-refractivity contribution in [2.45, 2.75) is 38.6 Å². The molecule has 0 spiro atoms. The van der Waals surface area contributed by atoms with Gasteiger partial charge in [0.25, 0.3) is 0 Å². The number of anilines is 1. The second-order valence-corrected chi connectivity index (χ2v) is 7.40. The molecule has 0 saturated carbocycles. The second kappa shape index (κ2) is 6.92. The van der Waals surface area contributed by atoms with E-state index in [2.05, 4.69) is 15.4 Å². The highest BCUT2D eigenvalue weighted by molar-refractivity contribution is 6.00. The number of nitrogens with zero attached hydrogens (tertiary/aromatic N) is 3. The Kier molecular flexibility index (Phi) is 4.23. The molecular weight excluding hydrogens is 368 g/mol. The molecule has 7 heteroatoms. The quantitative estimate of drug-likeness (QED) is 0.725. The smallest absolute Gasteiger partial charge is 0.226 e. The summed E-state index contributed by atoms with van der Waals surface area (Å²) in [4.78, 5) is 17.8. The number of hydrogen-bond donors (Lipinski definition) is 1. The predicted molar refractivity (Wildman–Crippen MR) is 107 cm³/mol. The van der Waals surface area contributed by atoms with Crippen molar-refractivity contribution >= 4 is 11.7 Å². The van der Waals surface area contributed by atoms with Crippen molar-refractivity contribution in [1.82, 2.24) is 14.8 Å². The van der Waals surface area contributed by atoms with Gasteiger partial charge >= 0.3 is 0 Å². The van der Waals surface area contributed by atoms with Gasteiger partial charge in [0, 0.05) is 23.6 Å². The topological polar surface area (TPSA) is 82.2 Å². The van der Waals surface area contributed by atoms with Gasteiger partial charge in [-0.15, -0.1) is 0 Å². The zero-order valence-electron chi connectivity index (χ0n) is 16.4. The molecule has 2 aromatic heterocycles. The van der Waals surface area contributed by atoms with Crippen molar-refractivity contribution in [2.75, 3.05) is 11.9 Å². The molecule has 0 unspecified atom stereocenters. The Bertz CT molecular complexity index is 1100. The number of furan rings is 1. The molecule has 0 amide bonds. The molecule has 0 fully saturated rings. The zero-order valence-corrected chi connectivity index (χ0v) is 16.4. The van der Waals surface area contributed by atoms with E-state index in [1.807, 2.05) is 54.9 Å². The van der Waals surface area contributed by atoms with Crippen molar-refractivity contribution in [3.05, 3.63) is 71.1 Å². The van der Waals surface area contributed by atoms with Crippen LogP contribution in [0.15, 0.2) is 58.3 Å². The van der Waals surface area contributed by atoms with Gasteiger partial charge in [0.1, 0.15) is 23.4 Å². The van der Waals surface area contributed by atoms with E-state index in [0.717, 1.165) is 28.3 Å². The first-order valence-corrected chi connectivity index (χ1v) is 9.86. The molecule has 2 atom stereocenters. The van der Waals surface area contributed by atoms with Crippen LogP contribution in [0.2, 0.25) is 0 Å². The summed E-state index contributed by atoms with van der Waals surface area (Å²) in [5.41, 5.74) is 2.61. The molecule has 0 radical (unpaired) electrons. The fourth-order valence-electron chi connectivity index (χ4n) is 4.29. The Morgan fingerprint density at radius 3 is 2.97 bits per heavy atom. The average molecular weight is 390 g/mol. The standard InChI is InChI=1S/C22H22N4O3/c1-3-28-16-7-4-6-14(10-16)21-20-17(24-22-23-13(2)25-26(21)22)11-15(12-18(20)27)19-8-5-9-29-19/h4-10,15,21H,3,11-12H2,1-2H3,(H,23,24,25)/t15-,21-/m0/s1. The molecule has 1 aliphatic heterocycles. The van der Waals surface area contributed by atoms with Crippen LogP contribution < -0.4 is 10.1 Å². The van der Waals surface area contributed by atoms with Crippen LogP contribution in [-0.2, 0) is 4.79 Å². The molecule has 3 heterocycles. The Hall–Kier alpha value is -3.35. The van der Waals surface area contributed by atoms with Crippen LogP contribution in [0.4, 0.5) is 5.95 Å². The van der Waals surface area contributed by atoms with E-state index in [4.69, 9.17) is 9.15 Å². The van der Waals surface area contributed by atoms with Gasteiger partial charge in [-0.2, -0.15) is 10.1 Å². The van der Waals surface area contributed by atoms with Gasteiger partial charge < -0.3 is 14.5 Å². The van der Waals surface area contributed by atoms with Crippen molar-refractivity contribution < 1.29 is 13.9 Å². The van der Waals surface area contributed by atoms with Crippen LogP contribution >= 0.6 is 0 Å². The number of rotatable bonds is 4. The molecule has 7 nitrogen and oxygen atoms in total. The Morgan fingerprint density at radius 2 is 2.17 bits per heavy atom. The lowest BCUT2D eigenvalue weighted by molar-refractivity contribution is -0.117. The third-order valence-corrected chi connectivity index (χ3v) is 5.46. The second-order valence-electron chi connectivity index (χ2n) is 7.40. The molecule has 148 valence electrons. The molecule has 0 bridgehead atoms. The number of hydrogen-bond acceptors (Lipinski definition) is 6. The molecule has 5 rings (SSSR count). The summed E-state index contributed by atoms with van der Waals surface area (Å²) >= 11 is 0. The lowest BCUT2D eigenvalue weighted by Crippen LogP contribution is -2.33.